The van der Waals surface area contributed by atoms with Crippen molar-refractivity contribution in [1.82, 2.24) is 9.55 Å². The molecule has 0 spiro atoms. The Morgan fingerprint density at radius 3 is 2.43 bits per heavy atom. The summed E-state index contributed by atoms with van der Waals surface area (Å²) in [5.41, 5.74) is 0.960. The lowest BCUT2D eigenvalue weighted by molar-refractivity contribution is -0.139. The van der Waals surface area contributed by atoms with E-state index in [0.717, 1.165) is 11.8 Å². The zero-order valence-corrected chi connectivity index (χ0v) is 16.4. The second-order valence-electron chi connectivity index (χ2n) is 5.88. The van der Waals surface area contributed by atoms with Gasteiger partial charge in [0.25, 0.3) is 5.56 Å². The summed E-state index contributed by atoms with van der Waals surface area (Å²) in [6.07, 6.45) is 0. The van der Waals surface area contributed by atoms with E-state index in [9.17, 15) is 14.4 Å². The Morgan fingerprint density at radius 1 is 1.07 bits per heavy atom. The second kappa shape index (κ2) is 8.26. The lowest BCUT2D eigenvalue weighted by atomic mass is 10.1. The Hall–Kier alpha value is -3.13. The van der Waals surface area contributed by atoms with Crippen molar-refractivity contribution < 1.29 is 19.1 Å². The van der Waals surface area contributed by atoms with Crippen molar-refractivity contribution in [2.75, 3.05) is 14.2 Å². The molecule has 0 saturated carbocycles. The maximum Gasteiger partial charge on any atom is 0.337 e. The smallest absolute Gasteiger partial charge is 0.337 e. The molecule has 0 N–H and O–H groups in total. The van der Waals surface area contributed by atoms with Gasteiger partial charge in [-0.05, 0) is 37.3 Å². The molecule has 0 amide bonds. The summed E-state index contributed by atoms with van der Waals surface area (Å²) >= 11 is 1.11. The lowest BCUT2D eigenvalue weighted by Crippen LogP contribution is -2.24. The van der Waals surface area contributed by atoms with Crippen molar-refractivity contribution in [3.63, 3.8) is 0 Å². The molecular formula is C20H18N2O5S. The number of esters is 2. The van der Waals surface area contributed by atoms with Crippen molar-refractivity contribution in [3.8, 4) is 5.69 Å². The number of hydrogen-bond donors (Lipinski definition) is 0. The Bertz CT molecular complexity index is 1090. The molecule has 7 nitrogen and oxygen atoms in total. The highest BCUT2D eigenvalue weighted by atomic mass is 32.2. The first kappa shape index (κ1) is 19.6. The van der Waals surface area contributed by atoms with Crippen molar-refractivity contribution in [2.45, 2.75) is 17.3 Å². The molecular weight excluding hydrogens is 380 g/mol. The Labute approximate surface area is 165 Å². The van der Waals surface area contributed by atoms with E-state index < -0.39 is 17.2 Å². The summed E-state index contributed by atoms with van der Waals surface area (Å²) in [4.78, 5) is 41.5. The first-order chi connectivity index (χ1) is 13.5. The van der Waals surface area contributed by atoms with E-state index in [1.165, 1.54) is 30.9 Å². The van der Waals surface area contributed by atoms with Gasteiger partial charge in [-0.2, -0.15) is 0 Å². The van der Waals surface area contributed by atoms with Gasteiger partial charge in [-0.25, -0.2) is 9.78 Å². The molecule has 3 aromatic rings. The molecule has 0 aliphatic carbocycles. The number of nitrogens with zero attached hydrogens (tertiary/aromatic N) is 2. The first-order valence-electron chi connectivity index (χ1n) is 8.41. The van der Waals surface area contributed by atoms with E-state index in [0.29, 0.717) is 21.7 Å². The standard InChI is InChI=1S/C20H18N2O5S/c1-12(18(24)26-2)28-20-21-16-11-13(19(25)27-3)9-10-15(16)17(23)22(20)14-7-5-4-6-8-14/h4-12H,1-3H3/t12-/m0/s1. The average molecular weight is 398 g/mol. The molecule has 0 aliphatic rings. The molecule has 0 fully saturated rings. The highest BCUT2D eigenvalue weighted by molar-refractivity contribution is 8.00. The third-order valence-corrected chi connectivity index (χ3v) is 5.12. The van der Waals surface area contributed by atoms with Gasteiger partial charge in [0.2, 0.25) is 0 Å². The largest absolute Gasteiger partial charge is 0.468 e. The first-order valence-corrected chi connectivity index (χ1v) is 9.29. The van der Waals surface area contributed by atoms with E-state index in [4.69, 9.17) is 9.47 Å². The molecule has 1 aromatic heterocycles. The molecule has 8 heteroatoms. The minimum absolute atomic E-state index is 0.288. The van der Waals surface area contributed by atoms with Crippen LogP contribution in [0.1, 0.15) is 17.3 Å². The Kier molecular flexibility index (Phi) is 5.79. The third-order valence-electron chi connectivity index (χ3n) is 4.09. The van der Waals surface area contributed by atoms with Crippen LogP contribution in [0.3, 0.4) is 0 Å². The summed E-state index contributed by atoms with van der Waals surface area (Å²) in [6, 6.07) is 13.6. The van der Waals surface area contributed by atoms with E-state index in [1.54, 1.807) is 25.1 Å². The number of fused-ring (bicyclic) bond motifs is 1. The van der Waals surface area contributed by atoms with Gasteiger partial charge in [0, 0.05) is 0 Å². The highest BCUT2D eigenvalue weighted by Gasteiger charge is 2.21. The van der Waals surface area contributed by atoms with Crippen LogP contribution in [0.25, 0.3) is 16.6 Å². The zero-order chi connectivity index (χ0) is 20.3. The number of aromatic nitrogens is 2. The Morgan fingerprint density at radius 2 is 1.79 bits per heavy atom. The monoisotopic (exact) mass is 398 g/mol. The van der Waals surface area contributed by atoms with Crippen LogP contribution in [0.4, 0.5) is 0 Å². The van der Waals surface area contributed by atoms with Gasteiger partial charge in [-0.3, -0.25) is 14.2 Å². The van der Waals surface area contributed by atoms with Gasteiger partial charge in [-0.1, -0.05) is 30.0 Å². The van der Waals surface area contributed by atoms with E-state index >= 15 is 0 Å². The lowest BCUT2D eigenvalue weighted by Gasteiger charge is -2.15. The number of ether oxygens (including phenoxy) is 2. The highest BCUT2D eigenvalue weighted by Crippen LogP contribution is 2.26. The predicted molar refractivity (Wildman–Crippen MR) is 106 cm³/mol. The van der Waals surface area contributed by atoms with E-state index in [-0.39, 0.29) is 11.1 Å². The fraction of sp³-hybridized carbons (Fsp3) is 0.200. The minimum atomic E-state index is -0.576. The summed E-state index contributed by atoms with van der Waals surface area (Å²) < 4.78 is 11.0. The van der Waals surface area contributed by atoms with Gasteiger partial charge in [-0.15, -0.1) is 0 Å². The number of para-hydroxylation sites is 1. The van der Waals surface area contributed by atoms with Gasteiger partial charge in [0.1, 0.15) is 5.25 Å². The molecule has 0 radical (unpaired) electrons. The van der Waals surface area contributed by atoms with Crippen LogP contribution in [0.15, 0.2) is 58.5 Å². The fourth-order valence-electron chi connectivity index (χ4n) is 2.67. The van der Waals surface area contributed by atoms with Crippen LogP contribution in [-0.4, -0.2) is 41.0 Å². The summed E-state index contributed by atoms with van der Waals surface area (Å²) in [6.45, 7) is 1.67. The van der Waals surface area contributed by atoms with Gasteiger partial charge in [0.05, 0.1) is 36.4 Å². The quantitative estimate of drug-likeness (QED) is 0.371. The number of methoxy groups -OCH3 is 2. The number of hydrogen-bond acceptors (Lipinski definition) is 7. The SMILES string of the molecule is COC(=O)c1ccc2c(=O)n(-c3ccccc3)c(S[C@@H](C)C(=O)OC)nc2c1. The second-order valence-corrected chi connectivity index (χ2v) is 7.19. The van der Waals surface area contributed by atoms with E-state index in [1.807, 2.05) is 18.2 Å². The van der Waals surface area contributed by atoms with Gasteiger partial charge in [0.15, 0.2) is 5.16 Å². The Balaban J connectivity index is 2.24. The molecule has 144 valence electrons. The van der Waals surface area contributed by atoms with Gasteiger partial charge < -0.3 is 9.47 Å². The number of carbonyl (C=O) groups is 2. The van der Waals surface area contributed by atoms with Crippen LogP contribution in [-0.2, 0) is 14.3 Å². The molecule has 1 atom stereocenters. The molecule has 0 unspecified atom stereocenters. The molecule has 0 bridgehead atoms. The van der Waals surface area contributed by atoms with Crippen molar-refractivity contribution in [3.05, 3.63) is 64.4 Å². The molecule has 0 aliphatic heterocycles. The maximum atomic E-state index is 13.2. The fourth-order valence-corrected chi connectivity index (χ4v) is 3.62. The summed E-state index contributed by atoms with van der Waals surface area (Å²) in [5.74, 6) is -0.949. The van der Waals surface area contributed by atoms with E-state index in [2.05, 4.69) is 4.98 Å². The number of rotatable bonds is 5. The molecule has 1 heterocycles. The molecule has 0 saturated heterocycles. The average Bonchev–Trinajstić information content (AvgIpc) is 2.72. The van der Waals surface area contributed by atoms with Crippen molar-refractivity contribution in [1.29, 1.82) is 0 Å². The minimum Gasteiger partial charge on any atom is -0.468 e. The topological polar surface area (TPSA) is 87.5 Å². The van der Waals surface area contributed by atoms with Crippen LogP contribution in [0.2, 0.25) is 0 Å². The number of thioether (sulfide) groups is 1. The normalized spacial score (nSPS) is 11.8. The number of benzene rings is 2. The molecule has 28 heavy (non-hydrogen) atoms. The maximum absolute atomic E-state index is 13.2. The van der Waals surface area contributed by atoms with Crippen molar-refractivity contribution in [2.24, 2.45) is 0 Å². The predicted octanol–water partition coefficient (Wildman–Crippen LogP) is 2.83. The van der Waals surface area contributed by atoms with Crippen molar-refractivity contribution >= 4 is 34.6 Å². The molecule has 3 rings (SSSR count). The zero-order valence-electron chi connectivity index (χ0n) is 15.5. The third kappa shape index (κ3) is 3.77. The van der Waals surface area contributed by atoms with Crippen LogP contribution in [0.5, 0.6) is 0 Å². The summed E-state index contributed by atoms with van der Waals surface area (Å²) in [7, 11) is 2.59. The van der Waals surface area contributed by atoms with Crippen LogP contribution >= 0.6 is 11.8 Å². The van der Waals surface area contributed by atoms with Crippen LogP contribution in [0, 0.1) is 0 Å². The van der Waals surface area contributed by atoms with Gasteiger partial charge >= 0.3 is 11.9 Å². The molecule has 2 aromatic carbocycles. The van der Waals surface area contributed by atoms with Crippen LogP contribution < -0.4 is 5.56 Å². The number of carbonyl (C=O) groups excluding carboxylic acids is 2. The summed E-state index contributed by atoms with van der Waals surface area (Å²) in [5, 5.41) is 0.100.